The summed E-state index contributed by atoms with van der Waals surface area (Å²) in [5.74, 6) is 1.27. The third-order valence-electron chi connectivity index (χ3n) is 5.74. The van der Waals surface area contributed by atoms with Crippen LogP contribution in [0.5, 0.6) is 0 Å². The van der Waals surface area contributed by atoms with Crippen molar-refractivity contribution in [1.82, 2.24) is 15.2 Å². The van der Waals surface area contributed by atoms with Crippen LogP contribution < -0.4 is 10.2 Å². The number of nitrogens with zero attached hydrogens (tertiary/aromatic N) is 3. The van der Waals surface area contributed by atoms with E-state index in [1.54, 1.807) is 6.20 Å². The second-order valence-corrected chi connectivity index (χ2v) is 8.58. The maximum absolute atomic E-state index is 12.2. The predicted molar refractivity (Wildman–Crippen MR) is 128 cm³/mol. The van der Waals surface area contributed by atoms with E-state index in [1.165, 1.54) is 11.3 Å². The highest BCUT2D eigenvalue weighted by atomic mass is 35.5. The Kier molecular flexibility index (Phi) is 7.45. The van der Waals surface area contributed by atoms with Crippen LogP contribution in [0.25, 0.3) is 11.3 Å². The van der Waals surface area contributed by atoms with Gasteiger partial charge in [-0.05, 0) is 48.9 Å². The maximum atomic E-state index is 12.2. The first kappa shape index (κ1) is 22.4. The van der Waals surface area contributed by atoms with Crippen molar-refractivity contribution in [2.24, 2.45) is 0 Å². The number of amides is 1. The van der Waals surface area contributed by atoms with E-state index in [-0.39, 0.29) is 5.91 Å². The van der Waals surface area contributed by atoms with Gasteiger partial charge < -0.3 is 14.6 Å². The molecule has 1 aliphatic rings. The number of carbonyl (C=O) groups is 1. The smallest absolute Gasteiger partial charge is 0.220 e. The van der Waals surface area contributed by atoms with E-state index in [9.17, 15) is 4.79 Å². The quantitative estimate of drug-likeness (QED) is 0.555. The minimum atomic E-state index is 0.0228. The number of hydrogen-bond acceptors (Lipinski definition) is 5. The molecule has 0 spiro atoms. The van der Waals surface area contributed by atoms with Crippen LogP contribution >= 0.6 is 11.6 Å². The van der Waals surface area contributed by atoms with E-state index in [0.717, 1.165) is 38.3 Å². The van der Waals surface area contributed by atoms with Crippen LogP contribution in [0.4, 0.5) is 5.69 Å². The summed E-state index contributed by atoms with van der Waals surface area (Å²) in [5.41, 5.74) is 3.50. The summed E-state index contributed by atoms with van der Waals surface area (Å²) < 4.78 is 5.77. The van der Waals surface area contributed by atoms with Crippen molar-refractivity contribution in [3.63, 3.8) is 0 Å². The third-order valence-corrected chi connectivity index (χ3v) is 5.99. The summed E-state index contributed by atoms with van der Waals surface area (Å²) in [5, 5.41) is 3.70. The Morgan fingerprint density at radius 2 is 1.91 bits per heavy atom. The largest absolute Gasteiger partial charge is 0.441 e. The fraction of sp³-hybridized carbons (Fsp3) is 0.360. The molecule has 4 rings (SSSR count). The zero-order chi connectivity index (χ0) is 22.3. The van der Waals surface area contributed by atoms with Crippen molar-refractivity contribution >= 4 is 23.2 Å². The molecular formula is C25H29ClN4O2. The third kappa shape index (κ3) is 6.11. The molecule has 1 N–H and O–H groups in total. The van der Waals surface area contributed by atoms with Gasteiger partial charge in [0.1, 0.15) is 0 Å². The number of aromatic nitrogens is 1. The number of hydrogen-bond donors (Lipinski definition) is 1. The van der Waals surface area contributed by atoms with E-state index >= 15 is 0 Å². The molecule has 0 atom stereocenters. The van der Waals surface area contributed by atoms with Gasteiger partial charge in [0.2, 0.25) is 5.91 Å². The Morgan fingerprint density at radius 3 is 2.66 bits per heavy atom. The lowest BCUT2D eigenvalue weighted by molar-refractivity contribution is -0.121. The van der Waals surface area contributed by atoms with Crippen LogP contribution in [0, 0.1) is 6.92 Å². The number of nitrogens with one attached hydrogen (secondary N) is 1. The lowest BCUT2D eigenvalue weighted by atomic mass is 10.2. The lowest BCUT2D eigenvalue weighted by Gasteiger charge is -2.36. The Balaban J connectivity index is 1.14. The maximum Gasteiger partial charge on any atom is 0.220 e. The highest BCUT2D eigenvalue weighted by Gasteiger charge is 2.17. The van der Waals surface area contributed by atoms with Gasteiger partial charge in [0.05, 0.1) is 6.20 Å². The van der Waals surface area contributed by atoms with Crippen molar-refractivity contribution in [3.8, 4) is 11.3 Å². The highest BCUT2D eigenvalue weighted by molar-refractivity contribution is 6.30. The number of benzene rings is 2. The average Bonchev–Trinajstić information content (AvgIpc) is 3.28. The molecule has 32 heavy (non-hydrogen) atoms. The minimum Gasteiger partial charge on any atom is -0.441 e. The second-order valence-electron chi connectivity index (χ2n) is 8.14. The van der Waals surface area contributed by atoms with Gasteiger partial charge in [-0.15, -0.1) is 0 Å². The number of oxazole rings is 1. The topological polar surface area (TPSA) is 61.6 Å². The Morgan fingerprint density at radius 1 is 1.12 bits per heavy atom. The molecule has 0 bridgehead atoms. The average molecular weight is 453 g/mol. The molecule has 0 radical (unpaired) electrons. The van der Waals surface area contributed by atoms with Gasteiger partial charge in [-0.2, -0.15) is 0 Å². The van der Waals surface area contributed by atoms with Gasteiger partial charge in [0.15, 0.2) is 11.7 Å². The van der Waals surface area contributed by atoms with Gasteiger partial charge in [0.25, 0.3) is 0 Å². The predicted octanol–water partition coefficient (Wildman–Crippen LogP) is 4.17. The molecule has 0 unspecified atom stereocenters. The zero-order valence-corrected chi connectivity index (χ0v) is 19.1. The van der Waals surface area contributed by atoms with Gasteiger partial charge in [0, 0.05) is 68.4 Å². The second kappa shape index (κ2) is 10.7. The van der Waals surface area contributed by atoms with Crippen molar-refractivity contribution < 1.29 is 9.21 Å². The van der Waals surface area contributed by atoms with Gasteiger partial charge >= 0.3 is 0 Å². The number of piperazine rings is 1. The molecule has 1 fully saturated rings. The van der Waals surface area contributed by atoms with Crippen molar-refractivity contribution in [2.45, 2.75) is 19.8 Å². The highest BCUT2D eigenvalue weighted by Crippen LogP contribution is 2.22. The molecule has 1 amide bonds. The summed E-state index contributed by atoms with van der Waals surface area (Å²) in [6, 6.07) is 16.1. The Bertz CT molecular complexity index is 1030. The van der Waals surface area contributed by atoms with Gasteiger partial charge in [-0.25, -0.2) is 4.98 Å². The minimum absolute atomic E-state index is 0.0228. The molecule has 1 aliphatic heterocycles. The van der Waals surface area contributed by atoms with Crippen molar-refractivity contribution in [1.29, 1.82) is 0 Å². The summed E-state index contributed by atoms with van der Waals surface area (Å²) in [6.45, 7) is 7.69. The molecule has 6 nitrogen and oxygen atoms in total. The normalized spacial score (nSPS) is 14.5. The summed E-state index contributed by atoms with van der Waals surface area (Å²) in [6.07, 6.45) is 2.53. The van der Waals surface area contributed by atoms with Crippen LogP contribution in [0.2, 0.25) is 5.02 Å². The lowest BCUT2D eigenvalue weighted by Crippen LogP contribution is -2.48. The van der Waals surface area contributed by atoms with Crippen LogP contribution in [0.3, 0.4) is 0 Å². The van der Waals surface area contributed by atoms with Crippen molar-refractivity contribution in [3.05, 3.63) is 71.2 Å². The molecular weight excluding hydrogens is 424 g/mol. The van der Waals surface area contributed by atoms with Crippen LogP contribution in [0.15, 0.2) is 59.1 Å². The summed E-state index contributed by atoms with van der Waals surface area (Å²) in [7, 11) is 0. The SMILES string of the molecule is Cc1cccc(N2CCN(CCNC(=O)CCc3ncc(-c4ccc(Cl)cc4)o3)CC2)c1. The van der Waals surface area contributed by atoms with E-state index in [0.29, 0.717) is 36.1 Å². The molecule has 168 valence electrons. The van der Waals surface area contributed by atoms with E-state index in [4.69, 9.17) is 16.0 Å². The number of rotatable bonds is 8. The number of halogens is 1. The fourth-order valence-corrected chi connectivity index (χ4v) is 4.02. The van der Waals surface area contributed by atoms with Crippen LogP contribution in [0.1, 0.15) is 17.9 Å². The van der Waals surface area contributed by atoms with Crippen LogP contribution in [-0.2, 0) is 11.2 Å². The molecule has 1 aromatic heterocycles. The monoisotopic (exact) mass is 452 g/mol. The molecule has 7 heteroatoms. The fourth-order valence-electron chi connectivity index (χ4n) is 3.89. The van der Waals surface area contributed by atoms with E-state index in [2.05, 4.69) is 51.3 Å². The Labute approximate surface area is 194 Å². The van der Waals surface area contributed by atoms with E-state index in [1.807, 2.05) is 24.3 Å². The molecule has 3 aromatic rings. The molecule has 0 aliphatic carbocycles. The first-order valence-corrected chi connectivity index (χ1v) is 11.5. The van der Waals surface area contributed by atoms with Gasteiger partial charge in [-0.1, -0.05) is 23.7 Å². The molecule has 2 aromatic carbocycles. The zero-order valence-electron chi connectivity index (χ0n) is 18.4. The first-order chi connectivity index (χ1) is 15.6. The van der Waals surface area contributed by atoms with Crippen molar-refractivity contribution in [2.75, 3.05) is 44.2 Å². The molecule has 1 saturated heterocycles. The number of aryl methyl sites for hydroxylation is 2. The summed E-state index contributed by atoms with van der Waals surface area (Å²) >= 11 is 5.92. The molecule has 2 heterocycles. The molecule has 0 saturated carbocycles. The number of anilines is 1. The first-order valence-electron chi connectivity index (χ1n) is 11.1. The Hall–Kier alpha value is -2.83. The summed E-state index contributed by atoms with van der Waals surface area (Å²) in [4.78, 5) is 21.3. The number of carbonyl (C=O) groups excluding carboxylic acids is 1. The standard InChI is InChI=1S/C25H29ClN4O2/c1-19-3-2-4-22(17-19)30-15-13-29(14-16-30)12-11-27-24(31)9-10-25-28-18-23(32-25)20-5-7-21(26)8-6-20/h2-8,17-18H,9-16H2,1H3,(H,27,31). The van der Waals surface area contributed by atoms with E-state index < -0.39 is 0 Å². The van der Waals surface area contributed by atoms with Crippen LogP contribution in [-0.4, -0.2) is 55.1 Å². The van der Waals surface area contributed by atoms with Gasteiger partial charge in [-0.3, -0.25) is 9.69 Å².